The molecule has 0 aromatic heterocycles. The van der Waals surface area contributed by atoms with Gasteiger partial charge in [-0.2, -0.15) is 0 Å². The van der Waals surface area contributed by atoms with Crippen LogP contribution in [0.15, 0.2) is 122 Å². The van der Waals surface area contributed by atoms with Crippen molar-refractivity contribution in [1.82, 2.24) is 0 Å². The molecule has 0 aromatic carbocycles. The highest BCUT2D eigenvalue weighted by molar-refractivity contribution is 7.47. The second-order valence-electron chi connectivity index (χ2n) is 18.9. The van der Waals surface area contributed by atoms with Gasteiger partial charge in [-0.15, -0.1) is 0 Å². The number of quaternary nitrogens is 1. The Balaban J connectivity index is 4.25. The van der Waals surface area contributed by atoms with Gasteiger partial charge in [0.05, 0.1) is 27.7 Å². The summed E-state index contributed by atoms with van der Waals surface area (Å²) >= 11 is 0. The number of allylic oxidation sites excluding steroid dienone is 20. The van der Waals surface area contributed by atoms with Gasteiger partial charge in [-0.3, -0.25) is 18.6 Å². The van der Waals surface area contributed by atoms with Crippen LogP contribution in [0.4, 0.5) is 0 Å². The fourth-order valence-corrected chi connectivity index (χ4v) is 7.51. The van der Waals surface area contributed by atoms with Crippen molar-refractivity contribution in [2.24, 2.45) is 0 Å². The SMILES string of the molecule is CC/C=C\C/C=C\C/C=C\C/C=C\C/C=C\C/C=C\C/C=C\C/C=C\C/C=C\CCCCCCCC(=O)OC(COC(=O)CCCCCCC/C=C\CCCCCC)COP(=O)(O)OCC[N+](C)(C)C. The fourth-order valence-electron chi connectivity index (χ4n) is 6.76. The van der Waals surface area contributed by atoms with Crippen LogP contribution >= 0.6 is 7.82 Å². The van der Waals surface area contributed by atoms with Gasteiger partial charge in [0, 0.05) is 12.8 Å². The Morgan fingerprint density at radius 1 is 0.457 bits per heavy atom. The van der Waals surface area contributed by atoms with Crippen molar-refractivity contribution in [3.8, 4) is 0 Å². The number of carbonyl (C=O) groups excluding carboxylic acids is 2. The molecule has 70 heavy (non-hydrogen) atoms. The van der Waals surface area contributed by atoms with Crippen LogP contribution in [0, 0.1) is 0 Å². The van der Waals surface area contributed by atoms with Gasteiger partial charge in [-0.05, 0) is 109 Å². The standard InChI is InChI=1S/C60H100NO8P/c1-6-8-10-12-14-16-18-20-21-22-23-24-25-26-27-28-29-30-31-32-33-34-35-36-37-38-39-41-43-45-47-49-51-53-60(63)69-58(57-68-70(64,65)67-55-54-61(3,4)5)56-66-59(62)52-50-48-46-44-42-40-19-17-15-13-11-9-7-2/h8,10,14,16-17,19-21,23-24,26-27,29-30,32-33,35-36,38-39,58H,6-7,9,11-13,15,18,22,25,28,31,34,37,40-57H2,1-5H3/p+1/b10-8-,16-14-,19-17-,21-20-,24-23-,27-26-,30-29-,33-32-,36-35-,39-38-. The highest BCUT2D eigenvalue weighted by Gasteiger charge is 2.27. The average molecular weight is 995 g/mol. The first-order valence-corrected chi connectivity index (χ1v) is 28.8. The van der Waals surface area contributed by atoms with E-state index in [1.165, 1.54) is 32.1 Å². The van der Waals surface area contributed by atoms with Crippen LogP contribution < -0.4 is 0 Å². The molecule has 0 radical (unpaired) electrons. The normalized spacial score (nSPS) is 14.3. The topological polar surface area (TPSA) is 108 Å². The van der Waals surface area contributed by atoms with Gasteiger partial charge < -0.3 is 18.9 Å². The summed E-state index contributed by atoms with van der Waals surface area (Å²) in [5.41, 5.74) is 0. The summed E-state index contributed by atoms with van der Waals surface area (Å²) in [5, 5.41) is 0. The number of likely N-dealkylation sites (N-methyl/N-ethyl adjacent to an activating group) is 1. The van der Waals surface area contributed by atoms with Crippen molar-refractivity contribution in [2.45, 2.75) is 200 Å². The first-order chi connectivity index (χ1) is 34.0. The molecule has 0 aliphatic rings. The van der Waals surface area contributed by atoms with E-state index >= 15 is 0 Å². The molecule has 0 fully saturated rings. The van der Waals surface area contributed by atoms with Crippen LogP contribution in [-0.4, -0.2) is 74.9 Å². The van der Waals surface area contributed by atoms with Crippen molar-refractivity contribution in [1.29, 1.82) is 0 Å². The van der Waals surface area contributed by atoms with Crippen LogP contribution in [0.1, 0.15) is 194 Å². The Hall–Kier alpha value is -3.59. The molecule has 0 aromatic rings. The first kappa shape index (κ1) is 66.4. The monoisotopic (exact) mass is 995 g/mol. The summed E-state index contributed by atoms with van der Waals surface area (Å²) < 4.78 is 34.4. The Morgan fingerprint density at radius 2 is 0.814 bits per heavy atom. The van der Waals surface area contributed by atoms with E-state index < -0.39 is 26.5 Å². The quantitative estimate of drug-likeness (QED) is 0.0211. The smallest absolute Gasteiger partial charge is 0.462 e. The number of esters is 2. The van der Waals surface area contributed by atoms with E-state index in [9.17, 15) is 19.0 Å². The zero-order valence-electron chi connectivity index (χ0n) is 45.0. The van der Waals surface area contributed by atoms with E-state index in [-0.39, 0.29) is 32.0 Å². The van der Waals surface area contributed by atoms with Crippen molar-refractivity contribution in [3.05, 3.63) is 122 Å². The Morgan fingerprint density at radius 3 is 1.23 bits per heavy atom. The molecular formula is C60H101NO8P+. The Bertz CT molecular complexity index is 1590. The number of hydrogen-bond acceptors (Lipinski definition) is 7. The van der Waals surface area contributed by atoms with Crippen molar-refractivity contribution < 1.29 is 42.1 Å². The van der Waals surface area contributed by atoms with Crippen molar-refractivity contribution >= 4 is 19.8 Å². The van der Waals surface area contributed by atoms with E-state index in [0.29, 0.717) is 17.4 Å². The van der Waals surface area contributed by atoms with Gasteiger partial charge in [0.15, 0.2) is 6.10 Å². The van der Waals surface area contributed by atoms with Crippen molar-refractivity contribution in [2.75, 3.05) is 47.5 Å². The maximum Gasteiger partial charge on any atom is 0.472 e. The molecule has 0 spiro atoms. The second-order valence-corrected chi connectivity index (χ2v) is 20.3. The molecule has 0 aliphatic heterocycles. The molecule has 2 unspecified atom stereocenters. The molecule has 0 rings (SSSR count). The lowest BCUT2D eigenvalue weighted by Gasteiger charge is -2.24. The predicted molar refractivity (Wildman–Crippen MR) is 297 cm³/mol. The van der Waals surface area contributed by atoms with Gasteiger partial charge in [0.2, 0.25) is 0 Å². The highest BCUT2D eigenvalue weighted by atomic mass is 31.2. The maximum atomic E-state index is 12.8. The summed E-state index contributed by atoms with van der Waals surface area (Å²) in [4.78, 5) is 35.5. The molecule has 0 bridgehead atoms. The molecule has 9 nitrogen and oxygen atoms in total. The van der Waals surface area contributed by atoms with E-state index in [1.54, 1.807) is 0 Å². The third-order valence-electron chi connectivity index (χ3n) is 11.0. The fraction of sp³-hybridized carbons (Fsp3) is 0.633. The minimum Gasteiger partial charge on any atom is -0.462 e. The summed E-state index contributed by atoms with van der Waals surface area (Å²) in [6, 6.07) is 0. The molecule has 0 heterocycles. The third kappa shape index (κ3) is 53.8. The van der Waals surface area contributed by atoms with Crippen LogP contribution in [0.3, 0.4) is 0 Å². The second kappa shape index (κ2) is 50.4. The van der Waals surface area contributed by atoms with Crippen LogP contribution in [0.2, 0.25) is 0 Å². The summed E-state index contributed by atoms with van der Waals surface area (Å²) in [7, 11) is 1.44. The lowest BCUT2D eigenvalue weighted by atomic mass is 10.1. The highest BCUT2D eigenvalue weighted by Crippen LogP contribution is 2.43. The van der Waals surface area contributed by atoms with Gasteiger partial charge in [-0.25, -0.2) is 4.57 Å². The van der Waals surface area contributed by atoms with Gasteiger partial charge in [0.1, 0.15) is 19.8 Å². The molecule has 0 saturated heterocycles. The number of phosphoric ester groups is 1. The minimum absolute atomic E-state index is 0.0198. The van der Waals surface area contributed by atoms with Gasteiger partial charge in [0.25, 0.3) is 0 Å². The first-order valence-electron chi connectivity index (χ1n) is 27.3. The molecular weight excluding hydrogens is 894 g/mol. The van der Waals surface area contributed by atoms with Crippen LogP contribution in [0.5, 0.6) is 0 Å². The average Bonchev–Trinajstić information content (AvgIpc) is 3.32. The zero-order valence-corrected chi connectivity index (χ0v) is 45.8. The molecule has 10 heteroatoms. The number of ether oxygens (including phenoxy) is 2. The van der Waals surface area contributed by atoms with Gasteiger partial charge >= 0.3 is 19.8 Å². The predicted octanol–water partition coefficient (Wildman–Crippen LogP) is 16.8. The summed E-state index contributed by atoms with van der Waals surface area (Å²) in [6.07, 6.45) is 71.2. The number of carbonyl (C=O) groups is 2. The molecule has 1 N–H and O–H groups in total. The molecule has 0 saturated carbocycles. The Labute approximate surface area is 428 Å². The van der Waals surface area contributed by atoms with E-state index in [2.05, 4.69) is 135 Å². The molecule has 398 valence electrons. The zero-order chi connectivity index (χ0) is 51.3. The van der Waals surface area contributed by atoms with Crippen molar-refractivity contribution in [3.63, 3.8) is 0 Å². The lowest BCUT2D eigenvalue weighted by Crippen LogP contribution is -2.37. The summed E-state index contributed by atoms with van der Waals surface area (Å²) in [6.45, 7) is 4.24. The van der Waals surface area contributed by atoms with E-state index in [0.717, 1.165) is 128 Å². The van der Waals surface area contributed by atoms with Gasteiger partial charge in [-0.1, -0.05) is 193 Å². The maximum absolute atomic E-state index is 12.8. The number of unbranched alkanes of at least 4 members (excludes halogenated alkanes) is 14. The number of phosphoric acid groups is 1. The minimum atomic E-state index is -4.40. The largest absolute Gasteiger partial charge is 0.472 e. The lowest BCUT2D eigenvalue weighted by molar-refractivity contribution is -0.870. The van der Waals surface area contributed by atoms with Crippen LogP contribution in [0.25, 0.3) is 0 Å². The molecule has 2 atom stereocenters. The van der Waals surface area contributed by atoms with E-state index in [4.69, 9.17) is 18.5 Å². The number of hydrogen-bond donors (Lipinski definition) is 1. The van der Waals surface area contributed by atoms with Crippen LogP contribution in [-0.2, 0) is 32.7 Å². The molecule has 0 amide bonds. The summed E-state index contributed by atoms with van der Waals surface area (Å²) in [5.74, 6) is -0.840. The van der Waals surface area contributed by atoms with E-state index in [1.807, 2.05) is 21.1 Å². The third-order valence-corrected chi connectivity index (χ3v) is 12.0. The number of nitrogens with zero attached hydrogens (tertiary/aromatic N) is 1. The number of rotatable bonds is 48. The molecule has 0 aliphatic carbocycles. The Kier molecular flexibility index (Phi) is 47.8.